The fourth-order valence-electron chi connectivity index (χ4n) is 1.64. The summed E-state index contributed by atoms with van der Waals surface area (Å²) in [4.78, 5) is 24.4. The lowest BCUT2D eigenvalue weighted by molar-refractivity contribution is -0.150. The third-order valence-corrected chi connectivity index (χ3v) is 2.96. The van der Waals surface area contributed by atoms with Crippen molar-refractivity contribution in [3.05, 3.63) is 0 Å². The van der Waals surface area contributed by atoms with Gasteiger partial charge in [0.25, 0.3) is 0 Å². The van der Waals surface area contributed by atoms with Crippen molar-refractivity contribution in [1.82, 2.24) is 10.2 Å². The lowest BCUT2D eigenvalue weighted by Gasteiger charge is -2.34. The molecule has 2 atom stereocenters. The van der Waals surface area contributed by atoms with Crippen molar-refractivity contribution in [3.63, 3.8) is 0 Å². The van der Waals surface area contributed by atoms with Crippen LogP contribution in [0.25, 0.3) is 0 Å². The van der Waals surface area contributed by atoms with Gasteiger partial charge in [0.15, 0.2) is 0 Å². The van der Waals surface area contributed by atoms with E-state index in [0.29, 0.717) is 5.92 Å². The summed E-state index contributed by atoms with van der Waals surface area (Å²) >= 11 is 0. The summed E-state index contributed by atoms with van der Waals surface area (Å²) in [7, 11) is 0. The first-order valence-corrected chi connectivity index (χ1v) is 5.13. The van der Waals surface area contributed by atoms with E-state index in [2.05, 4.69) is 19.2 Å². The van der Waals surface area contributed by atoms with Gasteiger partial charge in [-0.25, -0.2) is 0 Å². The molecule has 2 unspecified atom stereocenters. The molecule has 1 aliphatic rings. The minimum Gasteiger partial charge on any atom is -0.300 e. The van der Waals surface area contributed by atoms with E-state index in [-0.39, 0.29) is 30.9 Å². The Morgan fingerprint density at radius 3 is 2.21 bits per heavy atom. The van der Waals surface area contributed by atoms with Gasteiger partial charge in [0, 0.05) is 6.04 Å². The summed E-state index contributed by atoms with van der Waals surface area (Å²) in [5.74, 6) is 0.157. The molecule has 0 radical (unpaired) electrons. The van der Waals surface area contributed by atoms with Crippen LogP contribution in [-0.2, 0) is 9.59 Å². The number of rotatable bonds is 3. The number of imide groups is 1. The number of hydrogen-bond donors (Lipinski definition) is 1. The van der Waals surface area contributed by atoms with Gasteiger partial charge >= 0.3 is 0 Å². The van der Waals surface area contributed by atoms with Crippen LogP contribution in [-0.4, -0.2) is 35.8 Å². The van der Waals surface area contributed by atoms with E-state index in [9.17, 15) is 9.59 Å². The predicted molar refractivity (Wildman–Crippen MR) is 53.6 cm³/mol. The van der Waals surface area contributed by atoms with Crippen LogP contribution < -0.4 is 5.32 Å². The summed E-state index contributed by atoms with van der Waals surface area (Å²) in [5.41, 5.74) is 0. The number of amides is 2. The molecule has 4 nitrogen and oxygen atoms in total. The Balaban J connectivity index is 2.72. The zero-order chi connectivity index (χ0) is 10.7. The van der Waals surface area contributed by atoms with Crippen molar-refractivity contribution in [1.29, 1.82) is 0 Å². The lowest BCUT2D eigenvalue weighted by Crippen LogP contribution is -2.56. The largest absolute Gasteiger partial charge is 0.300 e. The van der Waals surface area contributed by atoms with Gasteiger partial charge in [-0.3, -0.25) is 19.8 Å². The number of carbonyl (C=O) groups is 2. The Bertz CT molecular complexity index is 224. The van der Waals surface area contributed by atoms with Gasteiger partial charge in [-0.2, -0.15) is 0 Å². The Labute approximate surface area is 84.7 Å². The zero-order valence-corrected chi connectivity index (χ0v) is 9.04. The number of hydrogen-bond acceptors (Lipinski definition) is 3. The number of piperazine rings is 1. The SMILES string of the molecule is CCC(C)C(C)N1C(=O)CNCC1=O. The van der Waals surface area contributed by atoms with Crippen LogP contribution in [0.3, 0.4) is 0 Å². The van der Waals surface area contributed by atoms with Gasteiger partial charge in [0.1, 0.15) is 0 Å². The highest BCUT2D eigenvalue weighted by Gasteiger charge is 2.31. The second-order valence-electron chi connectivity index (χ2n) is 3.89. The van der Waals surface area contributed by atoms with Crippen molar-refractivity contribution in [3.8, 4) is 0 Å². The Morgan fingerprint density at radius 1 is 1.29 bits per heavy atom. The van der Waals surface area contributed by atoms with Crippen LogP contribution in [0.4, 0.5) is 0 Å². The van der Waals surface area contributed by atoms with Crippen LogP contribution in [0.5, 0.6) is 0 Å². The van der Waals surface area contributed by atoms with Gasteiger partial charge in [-0.05, 0) is 12.8 Å². The van der Waals surface area contributed by atoms with E-state index in [1.54, 1.807) is 0 Å². The van der Waals surface area contributed by atoms with Gasteiger partial charge in [0.05, 0.1) is 13.1 Å². The predicted octanol–water partition coefficient (Wildman–Crippen LogP) is 0.379. The van der Waals surface area contributed by atoms with Crippen molar-refractivity contribution in [2.75, 3.05) is 13.1 Å². The van der Waals surface area contributed by atoms with Gasteiger partial charge < -0.3 is 0 Å². The molecule has 0 aromatic heterocycles. The first kappa shape index (κ1) is 11.2. The minimum atomic E-state index is -0.103. The summed E-state index contributed by atoms with van der Waals surface area (Å²) in [6.07, 6.45) is 0.978. The first-order chi connectivity index (χ1) is 6.57. The van der Waals surface area contributed by atoms with Crippen LogP contribution in [0.15, 0.2) is 0 Å². The van der Waals surface area contributed by atoms with Gasteiger partial charge in [0.2, 0.25) is 11.8 Å². The fourth-order valence-corrected chi connectivity index (χ4v) is 1.64. The molecule has 1 rings (SSSR count). The van der Waals surface area contributed by atoms with E-state index in [0.717, 1.165) is 6.42 Å². The van der Waals surface area contributed by atoms with Crippen molar-refractivity contribution < 1.29 is 9.59 Å². The lowest BCUT2D eigenvalue weighted by atomic mass is 9.98. The van der Waals surface area contributed by atoms with E-state index in [1.807, 2.05) is 6.92 Å². The van der Waals surface area contributed by atoms with Crippen molar-refractivity contribution in [2.45, 2.75) is 33.2 Å². The van der Waals surface area contributed by atoms with Crippen LogP contribution >= 0.6 is 0 Å². The van der Waals surface area contributed by atoms with Gasteiger partial charge in [-0.15, -0.1) is 0 Å². The quantitative estimate of drug-likeness (QED) is 0.667. The smallest absolute Gasteiger partial charge is 0.243 e. The zero-order valence-electron chi connectivity index (χ0n) is 9.04. The summed E-state index contributed by atoms with van der Waals surface area (Å²) < 4.78 is 0. The molecule has 4 heteroatoms. The third kappa shape index (κ3) is 2.12. The molecule has 0 spiro atoms. The molecule has 0 bridgehead atoms. The maximum atomic E-state index is 11.5. The average Bonchev–Trinajstić information content (AvgIpc) is 2.16. The molecule has 0 aromatic carbocycles. The molecule has 0 aliphatic carbocycles. The summed E-state index contributed by atoms with van der Waals surface area (Å²) in [6.45, 7) is 6.64. The number of nitrogens with one attached hydrogen (secondary N) is 1. The standard InChI is InChI=1S/C10H18N2O2/c1-4-7(2)8(3)12-9(13)5-11-6-10(12)14/h7-8,11H,4-6H2,1-3H3. The normalized spacial score (nSPS) is 22.4. The molecule has 1 saturated heterocycles. The Kier molecular flexibility index (Phi) is 3.63. The van der Waals surface area contributed by atoms with Crippen LogP contribution in [0, 0.1) is 5.92 Å². The Hall–Kier alpha value is -0.900. The monoisotopic (exact) mass is 198 g/mol. The number of nitrogens with zero attached hydrogens (tertiary/aromatic N) is 1. The Morgan fingerprint density at radius 2 is 1.79 bits per heavy atom. The molecule has 1 N–H and O–H groups in total. The van der Waals surface area contributed by atoms with Gasteiger partial charge in [-0.1, -0.05) is 20.3 Å². The third-order valence-electron chi connectivity index (χ3n) is 2.96. The highest BCUT2D eigenvalue weighted by atomic mass is 16.2. The van der Waals surface area contributed by atoms with Crippen LogP contribution in [0.1, 0.15) is 27.2 Å². The minimum absolute atomic E-state index is 0.0158. The maximum Gasteiger partial charge on any atom is 0.243 e. The molecule has 0 saturated carbocycles. The van der Waals surface area contributed by atoms with Crippen molar-refractivity contribution in [2.24, 2.45) is 5.92 Å². The van der Waals surface area contributed by atoms with E-state index in [4.69, 9.17) is 0 Å². The second-order valence-corrected chi connectivity index (χ2v) is 3.89. The second kappa shape index (κ2) is 4.55. The van der Waals surface area contributed by atoms with E-state index >= 15 is 0 Å². The molecule has 0 aromatic rings. The first-order valence-electron chi connectivity index (χ1n) is 5.13. The van der Waals surface area contributed by atoms with Crippen LogP contribution in [0.2, 0.25) is 0 Å². The molecule has 2 amide bonds. The van der Waals surface area contributed by atoms with Crippen molar-refractivity contribution >= 4 is 11.8 Å². The fraction of sp³-hybridized carbons (Fsp3) is 0.800. The number of carbonyl (C=O) groups excluding carboxylic acids is 2. The average molecular weight is 198 g/mol. The molecule has 1 fully saturated rings. The molecule has 14 heavy (non-hydrogen) atoms. The van der Waals surface area contributed by atoms with E-state index < -0.39 is 0 Å². The maximum absolute atomic E-state index is 11.5. The molecule has 80 valence electrons. The molecule has 1 aliphatic heterocycles. The van der Waals surface area contributed by atoms with E-state index in [1.165, 1.54) is 4.90 Å². The summed E-state index contributed by atoms with van der Waals surface area (Å²) in [6, 6.07) is 0.0158. The summed E-state index contributed by atoms with van der Waals surface area (Å²) in [5, 5.41) is 2.79. The molecule has 1 heterocycles. The topological polar surface area (TPSA) is 49.4 Å². The molecular formula is C10H18N2O2. The highest BCUT2D eigenvalue weighted by Crippen LogP contribution is 2.15. The highest BCUT2D eigenvalue weighted by molar-refractivity contribution is 5.99. The molecular weight excluding hydrogens is 180 g/mol.